The topological polar surface area (TPSA) is 77.7 Å². The van der Waals surface area contributed by atoms with E-state index in [1.54, 1.807) is 11.3 Å². The van der Waals surface area contributed by atoms with Gasteiger partial charge in [-0.1, -0.05) is 12.1 Å². The first-order chi connectivity index (χ1) is 11.2. The van der Waals surface area contributed by atoms with Crippen molar-refractivity contribution in [1.82, 2.24) is 9.88 Å². The van der Waals surface area contributed by atoms with E-state index in [-0.39, 0.29) is 12.7 Å². The van der Waals surface area contributed by atoms with Crippen molar-refractivity contribution in [2.45, 2.75) is 12.6 Å². The fourth-order valence-corrected chi connectivity index (χ4v) is 3.21. The molecule has 0 unspecified atom stereocenters. The van der Waals surface area contributed by atoms with Gasteiger partial charge in [-0.25, -0.2) is 4.98 Å². The molecule has 0 aliphatic carbocycles. The van der Waals surface area contributed by atoms with Crippen molar-refractivity contribution in [1.29, 1.82) is 0 Å². The Morgan fingerprint density at radius 3 is 3.22 bits per heavy atom. The molecule has 1 amide bonds. The van der Waals surface area contributed by atoms with Crippen LogP contribution in [0.5, 0.6) is 5.75 Å². The van der Waals surface area contributed by atoms with Crippen molar-refractivity contribution in [3.05, 3.63) is 46.4 Å². The van der Waals surface area contributed by atoms with Crippen LogP contribution in [0.3, 0.4) is 0 Å². The number of carbonyl (C=O) groups is 1. The minimum Gasteiger partial charge on any atom is -0.484 e. The number of ether oxygens (including phenoxy) is 2. The first-order valence-electron chi connectivity index (χ1n) is 7.44. The fraction of sp³-hybridized carbons (Fsp3) is 0.375. The molecule has 1 saturated heterocycles. The van der Waals surface area contributed by atoms with Gasteiger partial charge in [0.15, 0.2) is 6.61 Å². The predicted molar refractivity (Wildman–Crippen MR) is 87.2 cm³/mol. The molecule has 1 aromatic heterocycles. The Bertz CT molecular complexity index is 648. The number of morpholine rings is 1. The average molecular weight is 333 g/mol. The molecule has 7 heteroatoms. The molecule has 3 rings (SSSR count). The second kappa shape index (κ2) is 7.54. The van der Waals surface area contributed by atoms with E-state index in [0.29, 0.717) is 12.4 Å². The normalized spacial score (nSPS) is 18.7. The third-order valence-electron chi connectivity index (χ3n) is 3.56. The molecule has 6 nitrogen and oxygen atoms in total. The van der Waals surface area contributed by atoms with Crippen LogP contribution in [0.25, 0.3) is 0 Å². The lowest BCUT2D eigenvalue weighted by molar-refractivity contribution is -0.119. The van der Waals surface area contributed by atoms with Gasteiger partial charge in [0.2, 0.25) is 0 Å². The maximum Gasteiger partial charge on any atom is 0.255 e. The zero-order valence-electron chi connectivity index (χ0n) is 12.7. The monoisotopic (exact) mass is 333 g/mol. The van der Waals surface area contributed by atoms with Crippen LogP contribution >= 0.6 is 11.3 Å². The van der Waals surface area contributed by atoms with Crippen molar-refractivity contribution >= 4 is 17.2 Å². The van der Waals surface area contributed by atoms with E-state index in [1.165, 1.54) is 0 Å². The van der Waals surface area contributed by atoms with Gasteiger partial charge in [-0.2, -0.15) is 0 Å². The predicted octanol–water partition coefficient (Wildman–Crippen LogP) is 1.58. The van der Waals surface area contributed by atoms with Crippen LogP contribution in [0.4, 0.5) is 0 Å². The Balaban J connectivity index is 1.60. The number of carbonyl (C=O) groups excluding carboxylic acids is 1. The van der Waals surface area contributed by atoms with Gasteiger partial charge in [-0.15, -0.1) is 11.3 Å². The van der Waals surface area contributed by atoms with Crippen LogP contribution in [-0.2, 0) is 16.1 Å². The van der Waals surface area contributed by atoms with Crippen molar-refractivity contribution < 1.29 is 14.3 Å². The first-order valence-corrected chi connectivity index (χ1v) is 8.32. The minimum atomic E-state index is -0.477. The number of hydrogen-bond acceptors (Lipinski definition) is 6. The molecule has 0 bridgehead atoms. The highest BCUT2D eigenvalue weighted by atomic mass is 32.1. The van der Waals surface area contributed by atoms with E-state index >= 15 is 0 Å². The molecular formula is C16H19N3O3S. The van der Waals surface area contributed by atoms with Crippen molar-refractivity contribution in [2.75, 3.05) is 26.3 Å². The molecule has 2 heterocycles. The van der Waals surface area contributed by atoms with E-state index in [1.807, 2.05) is 35.8 Å². The van der Waals surface area contributed by atoms with Crippen LogP contribution < -0.4 is 10.5 Å². The molecule has 1 aromatic carbocycles. The van der Waals surface area contributed by atoms with Crippen molar-refractivity contribution in [2.24, 2.45) is 5.73 Å². The minimum absolute atomic E-state index is 0.0399. The Morgan fingerprint density at radius 1 is 1.52 bits per heavy atom. The maximum atomic E-state index is 10.8. The zero-order chi connectivity index (χ0) is 16.1. The van der Waals surface area contributed by atoms with Crippen LogP contribution in [-0.4, -0.2) is 42.1 Å². The molecule has 2 N–H and O–H groups in total. The number of hydrogen-bond donors (Lipinski definition) is 1. The zero-order valence-corrected chi connectivity index (χ0v) is 13.5. The molecule has 122 valence electrons. The second-order valence-electron chi connectivity index (χ2n) is 5.37. The molecule has 0 radical (unpaired) electrons. The van der Waals surface area contributed by atoms with E-state index < -0.39 is 5.91 Å². The molecular weight excluding hydrogens is 314 g/mol. The Hall–Kier alpha value is -1.96. The molecule has 1 aliphatic heterocycles. The van der Waals surface area contributed by atoms with E-state index in [2.05, 4.69) is 9.88 Å². The fourth-order valence-electron chi connectivity index (χ4n) is 2.54. The lowest BCUT2D eigenvalue weighted by atomic mass is 10.2. The van der Waals surface area contributed by atoms with Gasteiger partial charge in [-0.05, 0) is 17.7 Å². The summed E-state index contributed by atoms with van der Waals surface area (Å²) < 4.78 is 11.2. The van der Waals surface area contributed by atoms with Crippen LogP contribution in [0.15, 0.2) is 35.8 Å². The summed E-state index contributed by atoms with van der Waals surface area (Å²) in [6.07, 6.45) is 1.85. The van der Waals surface area contributed by atoms with Crippen molar-refractivity contribution in [3.8, 4) is 5.75 Å². The summed E-state index contributed by atoms with van der Waals surface area (Å²) in [5, 5.41) is 2.99. The summed E-state index contributed by atoms with van der Waals surface area (Å²) in [6.45, 7) is 3.10. The Labute approximate surface area is 138 Å². The highest BCUT2D eigenvalue weighted by molar-refractivity contribution is 7.09. The summed E-state index contributed by atoms with van der Waals surface area (Å²) >= 11 is 1.62. The van der Waals surface area contributed by atoms with Gasteiger partial charge < -0.3 is 15.2 Å². The molecule has 1 atom stereocenters. The smallest absolute Gasteiger partial charge is 0.255 e. The van der Waals surface area contributed by atoms with E-state index in [4.69, 9.17) is 15.2 Å². The Morgan fingerprint density at radius 2 is 2.43 bits per heavy atom. The first kappa shape index (κ1) is 15.9. The lowest BCUT2D eigenvalue weighted by Crippen LogP contribution is -2.37. The quantitative estimate of drug-likeness (QED) is 0.868. The summed E-state index contributed by atoms with van der Waals surface area (Å²) in [6, 6.07) is 7.73. The number of amides is 1. The number of thiazole rings is 1. The standard InChI is InChI=1S/C16H19N3O3S/c17-15(20)11-22-13-3-1-2-12(8-13)9-19-5-6-21-14(10-19)16-18-4-7-23-16/h1-4,7-8,14H,5-6,9-11H2,(H2,17,20)/t14-/m0/s1. The number of nitrogens with two attached hydrogens (primary N) is 1. The van der Waals surface area contributed by atoms with Crippen molar-refractivity contribution in [3.63, 3.8) is 0 Å². The molecule has 23 heavy (non-hydrogen) atoms. The van der Waals surface area contributed by atoms with Crippen LogP contribution in [0.2, 0.25) is 0 Å². The van der Waals surface area contributed by atoms with Gasteiger partial charge in [0.05, 0.1) is 6.61 Å². The third kappa shape index (κ3) is 4.51. The SMILES string of the molecule is NC(=O)COc1cccc(CN2CCO[C@H](c3nccs3)C2)c1. The number of rotatable bonds is 6. The summed E-state index contributed by atoms with van der Waals surface area (Å²) in [5.74, 6) is 0.181. The van der Waals surface area contributed by atoms with Gasteiger partial charge in [-0.3, -0.25) is 9.69 Å². The van der Waals surface area contributed by atoms with Gasteiger partial charge in [0, 0.05) is 31.2 Å². The number of benzene rings is 1. The van der Waals surface area contributed by atoms with Gasteiger partial charge in [0.25, 0.3) is 5.91 Å². The van der Waals surface area contributed by atoms with E-state index in [0.717, 1.165) is 30.2 Å². The number of aromatic nitrogens is 1. The number of primary amides is 1. The van der Waals surface area contributed by atoms with E-state index in [9.17, 15) is 4.79 Å². The summed E-state index contributed by atoms with van der Waals surface area (Å²) in [5.41, 5.74) is 6.23. The number of nitrogens with zero attached hydrogens (tertiary/aromatic N) is 2. The third-order valence-corrected chi connectivity index (χ3v) is 4.43. The molecule has 0 saturated carbocycles. The second-order valence-corrected chi connectivity index (χ2v) is 6.29. The van der Waals surface area contributed by atoms with Gasteiger partial charge >= 0.3 is 0 Å². The lowest BCUT2D eigenvalue weighted by Gasteiger charge is -2.32. The van der Waals surface area contributed by atoms with Crippen LogP contribution in [0, 0.1) is 0 Å². The Kier molecular flexibility index (Phi) is 5.22. The summed E-state index contributed by atoms with van der Waals surface area (Å²) in [7, 11) is 0. The summed E-state index contributed by atoms with van der Waals surface area (Å²) in [4.78, 5) is 17.5. The maximum absolute atomic E-state index is 10.8. The molecule has 2 aromatic rings. The van der Waals surface area contributed by atoms with Crippen LogP contribution in [0.1, 0.15) is 16.7 Å². The largest absolute Gasteiger partial charge is 0.484 e. The highest BCUT2D eigenvalue weighted by Gasteiger charge is 2.23. The molecule has 1 aliphatic rings. The van der Waals surface area contributed by atoms with Gasteiger partial charge in [0.1, 0.15) is 16.9 Å². The average Bonchev–Trinajstić information content (AvgIpc) is 3.08. The molecule has 0 spiro atoms. The molecule has 1 fully saturated rings. The highest BCUT2D eigenvalue weighted by Crippen LogP contribution is 2.25.